The predicted molar refractivity (Wildman–Crippen MR) is 110 cm³/mol. The van der Waals surface area contributed by atoms with Crippen LogP contribution in [0.5, 0.6) is 11.5 Å². The monoisotopic (exact) mass is 402 g/mol. The van der Waals surface area contributed by atoms with E-state index in [2.05, 4.69) is 31.4 Å². The van der Waals surface area contributed by atoms with Crippen molar-refractivity contribution in [1.29, 1.82) is 0 Å². The summed E-state index contributed by atoms with van der Waals surface area (Å²) in [7, 11) is 1.52. The normalized spacial score (nSPS) is 11.7. The molecule has 0 amide bonds. The molecule has 0 aliphatic rings. The molecule has 1 heterocycles. The van der Waals surface area contributed by atoms with Gasteiger partial charge in [0.05, 0.1) is 20.2 Å². The number of guanidine groups is 1. The summed E-state index contributed by atoms with van der Waals surface area (Å²) in [4.78, 5) is 7.84. The van der Waals surface area contributed by atoms with E-state index in [1.54, 1.807) is 12.1 Å². The highest BCUT2D eigenvalue weighted by atomic mass is 19.3. The van der Waals surface area contributed by atoms with Crippen LogP contribution in [0.15, 0.2) is 53.5 Å². The fourth-order valence-electron chi connectivity index (χ4n) is 2.93. The number of alkyl halides is 2. The van der Waals surface area contributed by atoms with Crippen molar-refractivity contribution in [3.05, 3.63) is 59.8 Å². The molecule has 0 saturated heterocycles. The van der Waals surface area contributed by atoms with Crippen LogP contribution in [0.2, 0.25) is 0 Å². The summed E-state index contributed by atoms with van der Waals surface area (Å²) in [6, 6.07) is 14.8. The van der Waals surface area contributed by atoms with Gasteiger partial charge in [-0.2, -0.15) is 8.78 Å². The topological polar surface area (TPSA) is 70.7 Å². The number of H-pyrrole nitrogens is 1. The fourth-order valence-corrected chi connectivity index (χ4v) is 2.93. The van der Waals surface area contributed by atoms with Crippen molar-refractivity contribution in [1.82, 2.24) is 15.6 Å². The zero-order chi connectivity index (χ0) is 20.6. The van der Waals surface area contributed by atoms with Gasteiger partial charge in [-0.25, -0.2) is 4.99 Å². The van der Waals surface area contributed by atoms with Crippen LogP contribution in [-0.4, -0.2) is 31.2 Å². The number of hydrogen-bond acceptors (Lipinski definition) is 3. The van der Waals surface area contributed by atoms with Gasteiger partial charge in [-0.15, -0.1) is 0 Å². The number of ether oxygens (including phenoxy) is 2. The van der Waals surface area contributed by atoms with E-state index in [1.165, 1.54) is 13.2 Å². The second kappa shape index (κ2) is 9.77. The number of methoxy groups -OCH3 is 1. The molecule has 6 nitrogen and oxygen atoms in total. The highest BCUT2D eigenvalue weighted by Gasteiger charge is 2.11. The number of nitrogens with zero attached hydrogens (tertiary/aromatic N) is 1. The minimum absolute atomic E-state index is 0.0796. The number of nitrogens with one attached hydrogen (secondary N) is 3. The molecule has 0 atom stereocenters. The molecule has 0 aliphatic carbocycles. The Morgan fingerprint density at radius 2 is 1.97 bits per heavy atom. The summed E-state index contributed by atoms with van der Waals surface area (Å²) in [5.41, 5.74) is 2.59. The first-order valence-corrected chi connectivity index (χ1v) is 9.29. The van der Waals surface area contributed by atoms with E-state index in [9.17, 15) is 8.78 Å². The molecule has 8 heteroatoms. The smallest absolute Gasteiger partial charge is 0.387 e. The number of benzene rings is 2. The zero-order valence-electron chi connectivity index (χ0n) is 16.3. The number of para-hydroxylation sites is 1. The SMILES string of the molecule is CCNC(=NCc1cc(OC)ccc1OC(F)F)NCc1cc2ccccc2[nH]1. The average Bonchev–Trinajstić information content (AvgIpc) is 3.13. The van der Waals surface area contributed by atoms with Crippen LogP contribution in [0.25, 0.3) is 10.9 Å². The molecule has 0 saturated carbocycles. The lowest BCUT2D eigenvalue weighted by atomic mass is 10.2. The maximum atomic E-state index is 12.7. The number of aromatic nitrogens is 1. The van der Waals surface area contributed by atoms with Gasteiger partial charge in [0.1, 0.15) is 11.5 Å². The Kier molecular flexibility index (Phi) is 6.89. The Labute approximate surface area is 167 Å². The van der Waals surface area contributed by atoms with Crippen molar-refractivity contribution in [3.63, 3.8) is 0 Å². The summed E-state index contributed by atoms with van der Waals surface area (Å²) in [5.74, 6) is 1.20. The first-order valence-electron chi connectivity index (χ1n) is 9.29. The lowest BCUT2D eigenvalue weighted by molar-refractivity contribution is -0.0504. The van der Waals surface area contributed by atoms with Crippen molar-refractivity contribution in [2.45, 2.75) is 26.6 Å². The standard InChI is InChI=1S/C21H24F2N4O2/c1-3-24-21(26-13-16-10-14-6-4-5-7-18(14)27-16)25-12-15-11-17(28-2)8-9-19(15)29-20(22)23/h4-11,20,27H,3,12-13H2,1-2H3,(H2,24,25,26). The number of halogens is 2. The van der Waals surface area contributed by atoms with Crippen molar-refractivity contribution < 1.29 is 18.3 Å². The minimum atomic E-state index is -2.90. The van der Waals surface area contributed by atoms with Gasteiger partial charge in [0.15, 0.2) is 5.96 Å². The predicted octanol–water partition coefficient (Wildman–Crippen LogP) is 4.03. The first-order chi connectivity index (χ1) is 14.1. The van der Waals surface area contributed by atoms with Gasteiger partial charge in [-0.05, 0) is 42.6 Å². The second-order valence-corrected chi connectivity index (χ2v) is 6.28. The Balaban J connectivity index is 1.73. The van der Waals surface area contributed by atoms with E-state index in [4.69, 9.17) is 4.74 Å². The quantitative estimate of drug-likeness (QED) is 0.393. The third-order valence-corrected chi connectivity index (χ3v) is 4.27. The van der Waals surface area contributed by atoms with Gasteiger partial charge < -0.3 is 25.1 Å². The second-order valence-electron chi connectivity index (χ2n) is 6.28. The van der Waals surface area contributed by atoms with E-state index in [0.29, 0.717) is 30.4 Å². The zero-order valence-corrected chi connectivity index (χ0v) is 16.3. The number of hydrogen-bond donors (Lipinski definition) is 3. The van der Waals surface area contributed by atoms with Crippen LogP contribution >= 0.6 is 0 Å². The Morgan fingerprint density at radius 1 is 1.14 bits per heavy atom. The van der Waals surface area contributed by atoms with Gasteiger partial charge in [-0.3, -0.25) is 0 Å². The molecule has 0 spiro atoms. The molecular formula is C21H24F2N4O2. The van der Waals surface area contributed by atoms with E-state index in [0.717, 1.165) is 16.6 Å². The maximum Gasteiger partial charge on any atom is 0.387 e. The summed E-state index contributed by atoms with van der Waals surface area (Å²) in [5, 5.41) is 7.53. The van der Waals surface area contributed by atoms with Gasteiger partial charge in [-0.1, -0.05) is 18.2 Å². The Hall–Kier alpha value is -3.29. The molecule has 1 aromatic heterocycles. The summed E-state index contributed by atoms with van der Waals surface area (Å²) in [6.45, 7) is 0.411. The lowest BCUT2D eigenvalue weighted by Gasteiger charge is -2.13. The van der Waals surface area contributed by atoms with E-state index < -0.39 is 6.61 Å². The average molecular weight is 402 g/mol. The van der Waals surface area contributed by atoms with Crippen LogP contribution in [0.4, 0.5) is 8.78 Å². The molecule has 0 bridgehead atoms. The van der Waals surface area contributed by atoms with E-state index in [-0.39, 0.29) is 12.3 Å². The van der Waals surface area contributed by atoms with Crippen molar-refractivity contribution in [2.75, 3.05) is 13.7 Å². The highest BCUT2D eigenvalue weighted by molar-refractivity contribution is 5.81. The molecular weight excluding hydrogens is 378 g/mol. The summed E-state index contributed by atoms with van der Waals surface area (Å²) >= 11 is 0. The largest absolute Gasteiger partial charge is 0.497 e. The van der Waals surface area contributed by atoms with Crippen LogP contribution in [0.3, 0.4) is 0 Å². The first kappa shape index (κ1) is 20.4. The molecule has 154 valence electrons. The molecule has 29 heavy (non-hydrogen) atoms. The number of aliphatic imine (C=N–C) groups is 1. The molecule has 3 N–H and O–H groups in total. The Bertz CT molecular complexity index is 939. The molecule has 0 aliphatic heterocycles. The van der Waals surface area contributed by atoms with Crippen molar-refractivity contribution in [3.8, 4) is 11.5 Å². The maximum absolute atomic E-state index is 12.7. The van der Waals surface area contributed by atoms with Crippen LogP contribution in [-0.2, 0) is 13.1 Å². The summed E-state index contributed by atoms with van der Waals surface area (Å²) in [6.07, 6.45) is 0. The van der Waals surface area contributed by atoms with Crippen LogP contribution in [0, 0.1) is 0 Å². The lowest BCUT2D eigenvalue weighted by Crippen LogP contribution is -2.36. The third-order valence-electron chi connectivity index (χ3n) is 4.27. The molecule has 0 radical (unpaired) electrons. The molecule has 3 rings (SSSR count). The molecule has 0 unspecified atom stereocenters. The molecule has 2 aromatic carbocycles. The van der Waals surface area contributed by atoms with Gasteiger partial charge >= 0.3 is 6.61 Å². The van der Waals surface area contributed by atoms with E-state index >= 15 is 0 Å². The van der Waals surface area contributed by atoms with E-state index in [1.807, 2.05) is 31.2 Å². The van der Waals surface area contributed by atoms with Crippen molar-refractivity contribution in [2.24, 2.45) is 4.99 Å². The molecule has 3 aromatic rings. The van der Waals surface area contributed by atoms with Crippen LogP contribution in [0.1, 0.15) is 18.2 Å². The highest BCUT2D eigenvalue weighted by Crippen LogP contribution is 2.26. The van der Waals surface area contributed by atoms with Crippen LogP contribution < -0.4 is 20.1 Å². The van der Waals surface area contributed by atoms with Gasteiger partial charge in [0.25, 0.3) is 0 Å². The third kappa shape index (κ3) is 5.60. The summed E-state index contributed by atoms with van der Waals surface area (Å²) < 4.78 is 35.1. The number of aromatic amines is 1. The van der Waals surface area contributed by atoms with Gasteiger partial charge in [0.2, 0.25) is 0 Å². The number of fused-ring (bicyclic) bond motifs is 1. The molecule has 0 fully saturated rings. The number of rotatable bonds is 8. The van der Waals surface area contributed by atoms with Crippen molar-refractivity contribution >= 4 is 16.9 Å². The minimum Gasteiger partial charge on any atom is -0.497 e. The van der Waals surface area contributed by atoms with Gasteiger partial charge in [0, 0.05) is 23.3 Å². The fraction of sp³-hybridized carbons (Fsp3) is 0.286. The Morgan fingerprint density at radius 3 is 2.69 bits per heavy atom.